The normalized spacial score (nSPS) is 46.3. The molecular formula is C26H46O6S. The Balaban J connectivity index is 1.36. The Morgan fingerprint density at radius 2 is 1.64 bits per heavy atom. The minimum absolute atomic E-state index is 0.0542. The summed E-state index contributed by atoms with van der Waals surface area (Å²) in [5.74, 6) is 3.19. The lowest BCUT2D eigenvalue weighted by atomic mass is 9.44. The van der Waals surface area contributed by atoms with Crippen molar-refractivity contribution in [3.63, 3.8) is 0 Å². The van der Waals surface area contributed by atoms with E-state index in [0.29, 0.717) is 41.6 Å². The Morgan fingerprint density at radius 1 is 0.939 bits per heavy atom. The molecule has 0 spiro atoms. The third kappa shape index (κ3) is 5.04. The second kappa shape index (κ2) is 9.68. The van der Waals surface area contributed by atoms with Crippen LogP contribution >= 0.6 is 0 Å². The summed E-state index contributed by atoms with van der Waals surface area (Å²) in [4.78, 5) is 0. The van der Waals surface area contributed by atoms with E-state index in [1.807, 2.05) is 0 Å². The largest absolute Gasteiger partial charge is 0.393 e. The molecule has 7 heteroatoms. The van der Waals surface area contributed by atoms with Crippen molar-refractivity contribution >= 4 is 10.1 Å². The van der Waals surface area contributed by atoms with Gasteiger partial charge in [0.25, 0.3) is 10.1 Å². The molecule has 0 bridgehead atoms. The molecule has 0 aromatic heterocycles. The lowest BCUT2D eigenvalue weighted by Crippen LogP contribution is -2.58. The molecule has 0 amide bonds. The number of ether oxygens (including phenoxy) is 1. The van der Waals surface area contributed by atoms with Gasteiger partial charge in [-0.15, -0.1) is 0 Å². The molecule has 0 heterocycles. The van der Waals surface area contributed by atoms with E-state index in [1.54, 1.807) is 0 Å². The zero-order chi connectivity index (χ0) is 24.0. The highest BCUT2D eigenvalue weighted by atomic mass is 32.2. The van der Waals surface area contributed by atoms with Gasteiger partial charge in [-0.05, 0) is 111 Å². The quantitative estimate of drug-likeness (QED) is 0.349. The van der Waals surface area contributed by atoms with Crippen molar-refractivity contribution in [2.24, 2.45) is 46.3 Å². The van der Waals surface area contributed by atoms with Crippen LogP contribution in [-0.4, -0.2) is 54.4 Å². The van der Waals surface area contributed by atoms with Crippen LogP contribution in [0, 0.1) is 46.3 Å². The van der Waals surface area contributed by atoms with E-state index in [9.17, 15) is 18.6 Å². The van der Waals surface area contributed by atoms with Crippen LogP contribution in [0.15, 0.2) is 0 Å². The summed E-state index contributed by atoms with van der Waals surface area (Å²) in [6.07, 6.45) is 10.2. The van der Waals surface area contributed by atoms with E-state index in [2.05, 4.69) is 20.8 Å². The van der Waals surface area contributed by atoms with Crippen molar-refractivity contribution < 1.29 is 27.9 Å². The monoisotopic (exact) mass is 486 g/mol. The number of fused-ring (bicyclic) bond motifs is 5. The molecule has 4 saturated carbocycles. The van der Waals surface area contributed by atoms with E-state index in [4.69, 9.17) is 9.29 Å². The van der Waals surface area contributed by atoms with Crippen molar-refractivity contribution in [3.8, 4) is 0 Å². The SMILES string of the molecule is CC(CCCOCCS(=O)(=O)O)C1CCC2C3C[C@H](O)[C@@H]4C[C@H](O)CC[C@]4(C)C3CC[C@]12C. The van der Waals surface area contributed by atoms with Gasteiger partial charge in [-0.25, -0.2) is 0 Å². The predicted octanol–water partition coefficient (Wildman–Crippen LogP) is 4.30. The molecule has 6 nitrogen and oxygen atoms in total. The van der Waals surface area contributed by atoms with E-state index in [0.717, 1.165) is 38.5 Å². The van der Waals surface area contributed by atoms with E-state index >= 15 is 0 Å². The molecule has 4 fully saturated rings. The van der Waals surface area contributed by atoms with E-state index in [1.165, 1.54) is 25.7 Å². The molecule has 0 aromatic carbocycles. The Bertz CT molecular complexity index is 786. The van der Waals surface area contributed by atoms with Gasteiger partial charge >= 0.3 is 0 Å². The molecule has 4 aliphatic carbocycles. The van der Waals surface area contributed by atoms with Crippen LogP contribution in [0.5, 0.6) is 0 Å². The van der Waals surface area contributed by atoms with Gasteiger partial charge in [0.15, 0.2) is 0 Å². The lowest BCUT2D eigenvalue weighted by molar-refractivity contribution is -0.172. The summed E-state index contributed by atoms with van der Waals surface area (Å²) >= 11 is 0. The third-order valence-electron chi connectivity index (χ3n) is 10.8. The van der Waals surface area contributed by atoms with Gasteiger partial charge in [0.05, 0.1) is 24.6 Å². The van der Waals surface area contributed by atoms with Gasteiger partial charge < -0.3 is 14.9 Å². The maximum absolute atomic E-state index is 11.2. The van der Waals surface area contributed by atoms with Gasteiger partial charge in [-0.2, -0.15) is 8.42 Å². The van der Waals surface area contributed by atoms with Gasteiger partial charge in [-0.1, -0.05) is 20.8 Å². The fraction of sp³-hybridized carbons (Fsp3) is 1.00. The Hall–Kier alpha value is -0.210. The minimum atomic E-state index is -3.95. The summed E-state index contributed by atoms with van der Waals surface area (Å²) in [5.41, 5.74) is 0.509. The molecule has 0 aromatic rings. The molecular weight excluding hydrogens is 440 g/mol. The molecule has 5 unspecified atom stereocenters. The standard InChI is InChI=1S/C26H46O6S/c1-17(5-4-12-32-13-14-33(29,30)31)20-6-7-21-19-16-24(28)23-15-18(27)8-10-26(23,3)22(19)9-11-25(20,21)2/h17-24,27-28H,4-16H2,1-3H3,(H,29,30,31)/t17?,18-,19?,20?,21?,22?,23+,24+,25-,26-/m1/s1. The zero-order valence-electron chi connectivity index (χ0n) is 20.8. The number of hydrogen-bond acceptors (Lipinski definition) is 5. The summed E-state index contributed by atoms with van der Waals surface area (Å²) in [6.45, 7) is 7.91. The van der Waals surface area contributed by atoms with Gasteiger partial charge in [0.1, 0.15) is 0 Å². The van der Waals surface area contributed by atoms with Gasteiger partial charge in [0, 0.05) is 6.61 Å². The van der Waals surface area contributed by atoms with Gasteiger partial charge in [-0.3, -0.25) is 4.55 Å². The second-order valence-corrected chi connectivity index (χ2v) is 14.0. The maximum Gasteiger partial charge on any atom is 0.267 e. The number of rotatable bonds is 8. The molecule has 0 saturated heterocycles. The summed E-state index contributed by atoms with van der Waals surface area (Å²) in [6, 6.07) is 0. The first kappa shape index (κ1) is 25.9. The van der Waals surface area contributed by atoms with Crippen molar-refractivity contribution in [2.45, 2.75) is 97.2 Å². The smallest absolute Gasteiger partial charge is 0.267 e. The van der Waals surface area contributed by atoms with Crippen molar-refractivity contribution in [1.29, 1.82) is 0 Å². The summed E-state index contributed by atoms with van der Waals surface area (Å²) in [7, 11) is -3.95. The molecule has 0 radical (unpaired) electrons. The zero-order valence-corrected chi connectivity index (χ0v) is 21.6. The first-order valence-electron chi connectivity index (χ1n) is 13.3. The molecule has 4 aliphatic rings. The lowest BCUT2D eigenvalue weighted by Gasteiger charge is -2.62. The molecule has 3 N–H and O–H groups in total. The highest BCUT2D eigenvalue weighted by Crippen LogP contribution is 2.68. The van der Waals surface area contributed by atoms with Crippen LogP contribution in [0.2, 0.25) is 0 Å². The summed E-state index contributed by atoms with van der Waals surface area (Å²) < 4.78 is 35.8. The van der Waals surface area contributed by atoms with Crippen LogP contribution in [-0.2, 0) is 14.9 Å². The van der Waals surface area contributed by atoms with Crippen LogP contribution in [0.3, 0.4) is 0 Å². The van der Waals surface area contributed by atoms with Crippen LogP contribution in [0.4, 0.5) is 0 Å². The number of hydrogen-bond donors (Lipinski definition) is 3. The van der Waals surface area contributed by atoms with Crippen LogP contribution in [0.1, 0.15) is 85.0 Å². The average Bonchev–Trinajstić information content (AvgIpc) is 3.08. The topological polar surface area (TPSA) is 104 Å². The summed E-state index contributed by atoms with van der Waals surface area (Å²) in [5, 5.41) is 21.4. The molecule has 4 rings (SSSR count). The molecule has 0 aliphatic heterocycles. The average molecular weight is 487 g/mol. The fourth-order valence-electron chi connectivity index (χ4n) is 9.23. The molecule has 10 atom stereocenters. The molecule has 33 heavy (non-hydrogen) atoms. The highest BCUT2D eigenvalue weighted by molar-refractivity contribution is 7.85. The first-order valence-corrected chi connectivity index (χ1v) is 15.0. The van der Waals surface area contributed by atoms with Crippen LogP contribution < -0.4 is 0 Å². The third-order valence-corrected chi connectivity index (χ3v) is 11.5. The Labute approximate surface area is 200 Å². The number of aliphatic hydroxyl groups is 2. The first-order chi connectivity index (χ1) is 15.5. The number of aliphatic hydroxyl groups excluding tert-OH is 2. The van der Waals surface area contributed by atoms with Crippen LogP contribution in [0.25, 0.3) is 0 Å². The van der Waals surface area contributed by atoms with Crippen molar-refractivity contribution in [2.75, 3.05) is 19.0 Å². The van der Waals surface area contributed by atoms with Crippen molar-refractivity contribution in [3.05, 3.63) is 0 Å². The molecule has 192 valence electrons. The minimum Gasteiger partial charge on any atom is -0.393 e. The maximum atomic E-state index is 11.2. The van der Waals surface area contributed by atoms with Crippen molar-refractivity contribution in [1.82, 2.24) is 0 Å². The second-order valence-electron chi connectivity index (χ2n) is 12.5. The Kier molecular flexibility index (Phi) is 7.59. The highest BCUT2D eigenvalue weighted by Gasteiger charge is 2.62. The Morgan fingerprint density at radius 3 is 2.36 bits per heavy atom. The van der Waals surface area contributed by atoms with E-state index < -0.39 is 10.1 Å². The van der Waals surface area contributed by atoms with Gasteiger partial charge in [0.2, 0.25) is 0 Å². The predicted molar refractivity (Wildman–Crippen MR) is 128 cm³/mol. The fourth-order valence-corrected chi connectivity index (χ4v) is 9.56. The van der Waals surface area contributed by atoms with E-state index in [-0.39, 0.29) is 35.9 Å².